The molecule has 0 aromatic heterocycles. The Hall–Kier alpha value is -1.90. The third kappa shape index (κ3) is 5.91. The summed E-state index contributed by atoms with van der Waals surface area (Å²) in [7, 11) is -12.2. The minimum atomic E-state index is -10.7. The number of benzene rings is 3. The van der Waals surface area contributed by atoms with Gasteiger partial charge >= 0.3 is 33.0 Å². The summed E-state index contributed by atoms with van der Waals surface area (Å²) in [6.07, 6.45) is 1.19. The van der Waals surface area contributed by atoms with E-state index < -0.39 is 15.1 Å². The third-order valence-electron chi connectivity index (χ3n) is 6.20. The van der Waals surface area contributed by atoms with Crippen LogP contribution >= 0.6 is 15.1 Å². The molecule has 1 aliphatic rings. The van der Waals surface area contributed by atoms with Gasteiger partial charge in [-0.25, -0.2) is 0 Å². The molecule has 1 aliphatic heterocycles. The van der Waals surface area contributed by atoms with Crippen molar-refractivity contribution in [2.45, 2.75) is 38.5 Å². The second-order valence-electron chi connectivity index (χ2n) is 8.33. The zero-order valence-electron chi connectivity index (χ0n) is 18.0. The molecule has 0 radical (unpaired) electrons. The number of fused-ring (bicyclic) bond motifs is 1. The molecule has 3 aromatic carbocycles. The summed E-state index contributed by atoms with van der Waals surface area (Å²) in [5.74, 6) is 0.581. The van der Waals surface area contributed by atoms with Crippen LogP contribution in [0.2, 0.25) is 0 Å². The Morgan fingerprint density at radius 2 is 1.12 bits per heavy atom. The van der Waals surface area contributed by atoms with Crippen LogP contribution in [0, 0.1) is 6.92 Å². The van der Waals surface area contributed by atoms with E-state index in [-0.39, 0.29) is 0 Å². The zero-order valence-corrected chi connectivity index (χ0v) is 19.8. The Kier molecular flexibility index (Phi) is 6.07. The van der Waals surface area contributed by atoms with Gasteiger partial charge in [-0.2, -0.15) is 0 Å². The average Bonchev–Trinajstić information content (AvgIpc) is 2.70. The van der Waals surface area contributed by atoms with E-state index in [9.17, 15) is 25.2 Å². The van der Waals surface area contributed by atoms with Crippen LogP contribution in [-0.4, -0.2) is 5.66 Å². The molecule has 0 amide bonds. The van der Waals surface area contributed by atoms with E-state index in [1.54, 1.807) is 21.7 Å². The molecular formula is C24H26F6P2. The fraction of sp³-hybridized carbons (Fsp3) is 0.250. The molecule has 3 aromatic rings. The molecule has 0 saturated carbocycles. The van der Waals surface area contributed by atoms with Gasteiger partial charge in [0.15, 0.2) is 0 Å². The van der Waals surface area contributed by atoms with E-state index in [0.717, 1.165) is 0 Å². The molecule has 1 heterocycles. The van der Waals surface area contributed by atoms with Gasteiger partial charge in [-0.1, -0.05) is 61.5 Å². The fourth-order valence-corrected chi connectivity index (χ4v) is 9.75. The van der Waals surface area contributed by atoms with E-state index in [4.69, 9.17) is 0 Å². The van der Waals surface area contributed by atoms with Crippen molar-refractivity contribution in [3.8, 4) is 0 Å². The standard InChI is InChI=1S/C24H26P.F6P/c1-18-11-10-16-23-19(2)20(3)25(17-24(18)23,21-12-6-4-7-13-21)22-14-8-5-9-15-22;1-7(2,3,4,5)6/h4-16,19-20H,17H2,1-3H3;/q+1;-1. The first kappa shape index (κ1) is 24.7. The van der Waals surface area contributed by atoms with Crippen molar-refractivity contribution in [1.82, 2.24) is 0 Å². The number of rotatable bonds is 2. The molecular weight excluding hydrogens is 464 g/mol. The Bertz CT molecular complexity index is 1030. The van der Waals surface area contributed by atoms with Crippen molar-refractivity contribution in [1.29, 1.82) is 0 Å². The topological polar surface area (TPSA) is 0 Å². The molecule has 0 spiro atoms. The van der Waals surface area contributed by atoms with Crippen LogP contribution in [0.1, 0.15) is 36.5 Å². The van der Waals surface area contributed by atoms with Gasteiger partial charge in [-0.3, -0.25) is 0 Å². The minimum absolute atomic E-state index is 0.581. The maximum absolute atomic E-state index is 10.7. The summed E-state index contributed by atoms with van der Waals surface area (Å²) < 4.78 is 59.2. The molecule has 2 atom stereocenters. The van der Waals surface area contributed by atoms with Crippen molar-refractivity contribution >= 4 is 25.7 Å². The first-order valence-corrected chi connectivity index (χ1v) is 14.3. The van der Waals surface area contributed by atoms with Crippen LogP contribution in [-0.2, 0) is 6.16 Å². The van der Waals surface area contributed by atoms with Crippen LogP contribution in [0.3, 0.4) is 0 Å². The van der Waals surface area contributed by atoms with Gasteiger partial charge in [0.2, 0.25) is 0 Å². The van der Waals surface area contributed by atoms with Gasteiger partial charge in [0, 0.05) is 5.92 Å². The third-order valence-corrected chi connectivity index (χ3v) is 11.3. The molecule has 0 saturated heterocycles. The van der Waals surface area contributed by atoms with Gasteiger partial charge in [0.1, 0.15) is 0 Å². The van der Waals surface area contributed by atoms with Crippen LogP contribution < -0.4 is 10.6 Å². The van der Waals surface area contributed by atoms with Crippen molar-refractivity contribution in [2.24, 2.45) is 0 Å². The van der Waals surface area contributed by atoms with Gasteiger partial charge in [-0.05, 0) is 54.8 Å². The molecule has 4 rings (SSSR count). The summed E-state index contributed by atoms with van der Waals surface area (Å²) in [4.78, 5) is 0. The fourth-order valence-electron chi connectivity index (χ4n) is 4.59. The van der Waals surface area contributed by atoms with Crippen molar-refractivity contribution in [2.75, 3.05) is 0 Å². The monoisotopic (exact) mass is 490 g/mol. The van der Waals surface area contributed by atoms with E-state index >= 15 is 0 Å². The summed E-state index contributed by atoms with van der Waals surface area (Å²) >= 11 is 0. The Morgan fingerprint density at radius 1 is 0.688 bits per heavy atom. The summed E-state index contributed by atoms with van der Waals surface area (Å²) in [6.45, 7) is 7.21. The predicted octanol–water partition coefficient (Wildman–Crippen LogP) is 9.05. The SMILES string of the molecule is Cc1cccc2c1C[P+](c1ccccc1)(c1ccccc1)C(C)C2C.F[P-](F)(F)(F)(F)F. The normalized spacial score (nSPS) is 21.9. The van der Waals surface area contributed by atoms with Crippen LogP contribution in [0.4, 0.5) is 25.2 Å². The van der Waals surface area contributed by atoms with E-state index in [1.165, 1.54) is 11.7 Å². The van der Waals surface area contributed by atoms with Crippen LogP contribution in [0.15, 0.2) is 78.9 Å². The van der Waals surface area contributed by atoms with Crippen molar-refractivity contribution in [3.63, 3.8) is 0 Å². The molecule has 0 aliphatic carbocycles. The van der Waals surface area contributed by atoms with E-state index in [1.807, 2.05) is 0 Å². The van der Waals surface area contributed by atoms with Gasteiger partial charge in [0.05, 0.1) is 29.7 Å². The molecule has 0 bridgehead atoms. The van der Waals surface area contributed by atoms with Crippen molar-refractivity contribution < 1.29 is 25.2 Å². The quantitative estimate of drug-likeness (QED) is 0.248. The predicted molar refractivity (Wildman–Crippen MR) is 125 cm³/mol. The molecule has 2 unspecified atom stereocenters. The molecule has 32 heavy (non-hydrogen) atoms. The molecule has 174 valence electrons. The molecule has 8 heteroatoms. The Labute approximate surface area is 185 Å². The number of aryl methyl sites for hydroxylation is 1. The number of halogens is 6. The maximum atomic E-state index is 9.87. The van der Waals surface area contributed by atoms with Gasteiger partial charge in [-0.15, -0.1) is 0 Å². The van der Waals surface area contributed by atoms with E-state index in [2.05, 4.69) is 99.6 Å². The van der Waals surface area contributed by atoms with Gasteiger partial charge in [0.25, 0.3) is 0 Å². The first-order chi connectivity index (χ1) is 14.6. The Morgan fingerprint density at radius 3 is 1.56 bits per heavy atom. The first-order valence-electron chi connectivity index (χ1n) is 10.2. The van der Waals surface area contributed by atoms with Gasteiger partial charge < -0.3 is 0 Å². The number of hydrogen-bond donors (Lipinski definition) is 0. The second kappa shape index (κ2) is 7.85. The van der Waals surface area contributed by atoms with E-state index in [0.29, 0.717) is 11.6 Å². The molecule has 0 fully saturated rings. The number of hydrogen-bond acceptors (Lipinski definition) is 0. The van der Waals surface area contributed by atoms with Crippen LogP contribution in [0.5, 0.6) is 0 Å². The Balaban J connectivity index is 0.000000360. The van der Waals surface area contributed by atoms with Crippen molar-refractivity contribution in [3.05, 3.63) is 95.6 Å². The second-order valence-corrected chi connectivity index (χ2v) is 14.1. The van der Waals surface area contributed by atoms with Crippen LogP contribution in [0.25, 0.3) is 0 Å². The zero-order chi connectivity index (χ0) is 23.8. The summed E-state index contributed by atoms with van der Waals surface area (Å²) in [6, 6.07) is 29.5. The molecule has 0 nitrogen and oxygen atoms in total. The average molecular weight is 490 g/mol. The summed E-state index contributed by atoms with van der Waals surface area (Å²) in [5, 5.41) is 3.10. The summed E-state index contributed by atoms with van der Waals surface area (Å²) in [5.41, 5.74) is 5.25. The molecule has 0 N–H and O–H groups in total.